The Morgan fingerprint density at radius 1 is 0.633 bits per heavy atom. The van der Waals surface area contributed by atoms with E-state index in [0.717, 1.165) is 68.5 Å². The average molecular weight is 648 g/mol. The van der Waals surface area contributed by atoms with Gasteiger partial charge in [0.15, 0.2) is 0 Å². The predicted molar refractivity (Wildman–Crippen MR) is 198 cm³/mol. The van der Waals surface area contributed by atoms with Gasteiger partial charge in [0.25, 0.3) is 11.8 Å². The van der Waals surface area contributed by atoms with Crippen LogP contribution < -0.4 is 5.32 Å². The van der Waals surface area contributed by atoms with Crippen molar-refractivity contribution < 1.29 is 9.59 Å². The molecular weight excluding hydrogens is 606 g/mol. The van der Waals surface area contributed by atoms with Crippen molar-refractivity contribution >= 4 is 33.6 Å². The summed E-state index contributed by atoms with van der Waals surface area (Å²) >= 11 is 0. The summed E-state index contributed by atoms with van der Waals surface area (Å²) in [4.78, 5) is 41.7. The lowest BCUT2D eigenvalue weighted by Gasteiger charge is -2.35. The summed E-state index contributed by atoms with van der Waals surface area (Å²) in [5.74, 6) is -0.0793. The number of hydrogen-bond donors (Lipinski definition) is 1. The fraction of sp³-hybridized carbons (Fsp3) is 0.238. The monoisotopic (exact) mass is 647 g/mol. The molecule has 2 amide bonds. The van der Waals surface area contributed by atoms with Crippen molar-refractivity contribution in [3.63, 3.8) is 0 Å². The summed E-state index contributed by atoms with van der Waals surface area (Å²) in [6.07, 6.45) is 0. The highest BCUT2D eigenvalue weighted by Crippen LogP contribution is 2.30. The lowest BCUT2D eigenvalue weighted by molar-refractivity contribution is 0.0640. The van der Waals surface area contributed by atoms with Gasteiger partial charge < -0.3 is 10.2 Å². The summed E-state index contributed by atoms with van der Waals surface area (Å²) in [6.45, 7) is 12.3. The summed E-state index contributed by atoms with van der Waals surface area (Å²) < 4.78 is 0. The van der Waals surface area contributed by atoms with Crippen LogP contribution in [0.25, 0.3) is 44.3 Å². The number of rotatable bonds is 7. The number of aromatic nitrogens is 2. The molecule has 1 saturated heterocycles. The van der Waals surface area contributed by atoms with Crippen molar-refractivity contribution in [3.8, 4) is 22.5 Å². The van der Waals surface area contributed by atoms with Crippen LogP contribution in [0.3, 0.4) is 0 Å². The van der Waals surface area contributed by atoms with Gasteiger partial charge in [-0.3, -0.25) is 14.5 Å². The molecule has 7 nitrogen and oxygen atoms in total. The Bertz CT molecular complexity index is 2220. The van der Waals surface area contributed by atoms with Crippen molar-refractivity contribution in [2.75, 3.05) is 39.3 Å². The third kappa shape index (κ3) is 6.67. The van der Waals surface area contributed by atoms with Gasteiger partial charge in [-0.1, -0.05) is 83.9 Å². The van der Waals surface area contributed by atoms with Crippen LogP contribution in [0, 0.1) is 27.7 Å². The van der Waals surface area contributed by atoms with Crippen molar-refractivity contribution in [1.29, 1.82) is 0 Å². The number of nitrogens with one attached hydrogen (secondary N) is 1. The van der Waals surface area contributed by atoms with Crippen LogP contribution >= 0.6 is 0 Å². The highest BCUT2D eigenvalue weighted by molar-refractivity contribution is 6.08. The molecule has 49 heavy (non-hydrogen) atoms. The quantitative estimate of drug-likeness (QED) is 0.194. The highest BCUT2D eigenvalue weighted by Gasteiger charge is 2.25. The van der Waals surface area contributed by atoms with Crippen LogP contribution in [0.4, 0.5) is 0 Å². The van der Waals surface area contributed by atoms with E-state index in [1.165, 1.54) is 11.1 Å². The van der Waals surface area contributed by atoms with Gasteiger partial charge in [-0.2, -0.15) is 0 Å². The van der Waals surface area contributed by atoms with Crippen LogP contribution in [0.5, 0.6) is 0 Å². The van der Waals surface area contributed by atoms with Crippen LogP contribution in [0.15, 0.2) is 97.1 Å². The van der Waals surface area contributed by atoms with E-state index in [0.29, 0.717) is 37.3 Å². The van der Waals surface area contributed by atoms with Crippen molar-refractivity contribution in [1.82, 2.24) is 25.1 Å². The third-order valence-electron chi connectivity index (χ3n) is 9.60. The topological polar surface area (TPSA) is 78.4 Å². The van der Waals surface area contributed by atoms with Crippen LogP contribution in [0.1, 0.15) is 43.0 Å². The van der Waals surface area contributed by atoms with Crippen LogP contribution in [-0.4, -0.2) is 70.9 Å². The maximum Gasteiger partial charge on any atom is 0.254 e. The van der Waals surface area contributed by atoms with Crippen LogP contribution in [0.2, 0.25) is 0 Å². The zero-order chi connectivity index (χ0) is 34.1. The molecule has 1 fully saturated rings. The summed E-state index contributed by atoms with van der Waals surface area (Å²) in [6, 6.07) is 32.2. The Morgan fingerprint density at radius 2 is 1.14 bits per heavy atom. The molecule has 0 saturated carbocycles. The Kier molecular flexibility index (Phi) is 8.93. The second-order valence-electron chi connectivity index (χ2n) is 13.2. The molecule has 3 heterocycles. The SMILES string of the molecule is Cc1ccc(-c2cc(C(=O)NCCN3CCN(C(=O)c4cc(-c5ccc(C)cc5C)nc5ccccc45)CC3)c3ccccc3n2)c(C)c1. The smallest absolute Gasteiger partial charge is 0.254 e. The van der Waals surface area contributed by atoms with E-state index in [1.807, 2.05) is 65.6 Å². The number of benzene rings is 4. The maximum atomic E-state index is 14.0. The Labute approximate surface area is 287 Å². The zero-order valence-corrected chi connectivity index (χ0v) is 28.6. The standard InChI is InChI=1S/C42H41N5O2/c1-27-13-15-31(29(3)23-27)39-25-35(33-9-5-7-11-37(33)44-39)41(48)43-17-18-46-19-21-47(22-20-46)42(49)36-26-40(32-16-14-28(2)24-30(32)4)45-38-12-8-6-10-34(36)38/h5-16,23-26H,17-22H2,1-4H3,(H,43,48). The van der Waals surface area contributed by atoms with Crippen molar-refractivity contribution in [2.24, 2.45) is 0 Å². The first-order chi connectivity index (χ1) is 23.7. The van der Waals surface area contributed by atoms with Gasteiger partial charge in [0, 0.05) is 61.2 Å². The van der Waals surface area contributed by atoms with E-state index in [-0.39, 0.29) is 11.8 Å². The molecule has 0 spiro atoms. The second-order valence-corrected chi connectivity index (χ2v) is 13.2. The molecule has 6 aromatic rings. The minimum Gasteiger partial charge on any atom is -0.351 e. The first kappa shape index (κ1) is 32.2. The molecule has 0 atom stereocenters. The molecule has 2 aromatic heterocycles. The largest absolute Gasteiger partial charge is 0.351 e. The van der Waals surface area contributed by atoms with E-state index in [1.54, 1.807) is 0 Å². The zero-order valence-electron chi connectivity index (χ0n) is 28.6. The molecule has 7 heteroatoms. The molecule has 0 radical (unpaired) electrons. The predicted octanol–water partition coefficient (Wildman–Crippen LogP) is 7.54. The van der Waals surface area contributed by atoms with E-state index in [9.17, 15) is 9.59 Å². The first-order valence-corrected chi connectivity index (χ1v) is 17.0. The number of piperazine rings is 1. The van der Waals surface area contributed by atoms with Gasteiger partial charge in [-0.15, -0.1) is 0 Å². The molecule has 0 aliphatic carbocycles. The van der Waals surface area contributed by atoms with Gasteiger partial charge in [0.2, 0.25) is 0 Å². The third-order valence-corrected chi connectivity index (χ3v) is 9.60. The Balaban J connectivity index is 1.02. The maximum absolute atomic E-state index is 14.0. The van der Waals surface area contributed by atoms with Crippen molar-refractivity contribution in [3.05, 3.63) is 130 Å². The van der Waals surface area contributed by atoms with E-state index >= 15 is 0 Å². The number of pyridine rings is 2. The molecule has 7 rings (SSSR count). The van der Waals surface area contributed by atoms with Gasteiger partial charge in [-0.05, 0) is 63.1 Å². The molecule has 1 aliphatic rings. The molecule has 1 aliphatic heterocycles. The number of aryl methyl sites for hydroxylation is 4. The molecular formula is C42H41N5O2. The number of carbonyl (C=O) groups is 2. The summed E-state index contributed by atoms with van der Waals surface area (Å²) in [5, 5.41) is 4.86. The minimum atomic E-state index is -0.109. The van der Waals surface area contributed by atoms with E-state index in [4.69, 9.17) is 9.97 Å². The number of amides is 2. The molecule has 4 aromatic carbocycles. The van der Waals surface area contributed by atoms with Crippen molar-refractivity contribution in [2.45, 2.75) is 27.7 Å². The fourth-order valence-electron chi connectivity index (χ4n) is 6.96. The lowest BCUT2D eigenvalue weighted by Crippen LogP contribution is -2.50. The van der Waals surface area contributed by atoms with Gasteiger partial charge in [-0.25, -0.2) is 9.97 Å². The van der Waals surface area contributed by atoms with Crippen LogP contribution in [-0.2, 0) is 0 Å². The molecule has 1 N–H and O–H groups in total. The number of hydrogen-bond acceptors (Lipinski definition) is 5. The first-order valence-electron chi connectivity index (χ1n) is 17.0. The Hall–Kier alpha value is -5.40. The molecule has 0 bridgehead atoms. The number of nitrogens with zero attached hydrogens (tertiary/aromatic N) is 4. The lowest BCUT2D eigenvalue weighted by atomic mass is 9.99. The number of fused-ring (bicyclic) bond motifs is 2. The molecule has 246 valence electrons. The highest BCUT2D eigenvalue weighted by atomic mass is 16.2. The average Bonchev–Trinajstić information content (AvgIpc) is 3.10. The van der Waals surface area contributed by atoms with E-state index < -0.39 is 0 Å². The van der Waals surface area contributed by atoms with Gasteiger partial charge >= 0.3 is 0 Å². The summed E-state index contributed by atoms with van der Waals surface area (Å²) in [5.41, 5.74) is 11.3. The van der Waals surface area contributed by atoms with Gasteiger partial charge in [0.1, 0.15) is 0 Å². The summed E-state index contributed by atoms with van der Waals surface area (Å²) in [7, 11) is 0. The number of carbonyl (C=O) groups excluding carboxylic acids is 2. The normalized spacial score (nSPS) is 13.6. The van der Waals surface area contributed by atoms with E-state index in [2.05, 4.69) is 74.3 Å². The minimum absolute atomic E-state index is 0.0294. The molecule has 0 unspecified atom stereocenters. The number of para-hydroxylation sites is 2. The fourth-order valence-corrected chi connectivity index (χ4v) is 6.96. The Morgan fingerprint density at radius 3 is 1.69 bits per heavy atom. The second kappa shape index (κ2) is 13.6. The van der Waals surface area contributed by atoms with Gasteiger partial charge in [0.05, 0.1) is 33.5 Å².